The normalized spacial score (nSPS) is 14.6. The van der Waals surface area contributed by atoms with E-state index in [0.29, 0.717) is 11.3 Å². The molecule has 0 radical (unpaired) electrons. The molecular formula is C21H26N2O4S2. The Morgan fingerprint density at radius 2 is 1.86 bits per heavy atom. The van der Waals surface area contributed by atoms with E-state index >= 15 is 0 Å². The molecule has 0 unspecified atom stereocenters. The lowest BCUT2D eigenvalue weighted by atomic mass is 10.1. The predicted molar refractivity (Wildman–Crippen MR) is 115 cm³/mol. The van der Waals surface area contributed by atoms with Crippen LogP contribution in [0.4, 0.5) is 0 Å². The molecule has 29 heavy (non-hydrogen) atoms. The number of carbonyl (C=O) groups is 1. The van der Waals surface area contributed by atoms with Crippen molar-refractivity contribution in [1.82, 2.24) is 9.62 Å². The van der Waals surface area contributed by atoms with Crippen LogP contribution in [0.5, 0.6) is 5.75 Å². The second-order valence-electron chi connectivity index (χ2n) is 6.85. The molecule has 0 aromatic heterocycles. The zero-order chi connectivity index (χ0) is 20.9. The van der Waals surface area contributed by atoms with Crippen molar-refractivity contribution >= 4 is 27.7 Å². The van der Waals surface area contributed by atoms with Crippen molar-refractivity contribution in [1.29, 1.82) is 0 Å². The minimum absolute atomic E-state index is 0.0885. The summed E-state index contributed by atoms with van der Waals surface area (Å²) in [7, 11) is -2.23. The Labute approximate surface area is 176 Å². The van der Waals surface area contributed by atoms with Gasteiger partial charge in [-0.15, -0.1) is 11.8 Å². The van der Waals surface area contributed by atoms with Crippen LogP contribution in [0.3, 0.4) is 0 Å². The first kappa shape index (κ1) is 21.7. The average molecular weight is 435 g/mol. The quantitative estimate of drug-likeness (QED) is 0.675. The Hall–Kier alpha value is -2.03. The van der Waals surface area contributed by atoms with Crippen LogP contribution in [0.2, 0.25) is 0 Å². The van der Waals surface area contributed by atoms with Gasteiger partial charge in [0.1, 0.15) is 5.75 Å². The number of para-hydroxylation sites is 1. The topological polar surface area (TPSA) is 75.7 Å². The fourth-order valence-electron chi connectivity index (χ4n) is 3.39. The van der Waals surface area contributed by atoms with E-state index < -0.39 is 10.0 Å². The van der Waals surface area contributed by atoms with Gasteiger partial charge in [-0.25, -0.2) is 13.1 Å². The summed E-state index contributed by atoms with van der Waals surface area (Å²) in [6, 6.07) is 12.0. The molecule has 0 atom stereocenters. The number of likely N-dealkylation sites (tertiary alicyclic amines) is 1. The molecule has 0 saturated carbocycles. The van der Waals surface area contributed by atoms with Gasteiger partial charge in [-0.1, -0.05) is 18.2 Å². The van der Waals surface area contributed by atoms with Crippen molar-refractivity contribution in [2.24, 2.45) is 0 Å². The maximum atomic E-state index is 13.0. The Bertz CT molecular complexity index is 970. The fraction of sp³-hybridized carbons (Fsp3) is 0.381. The summed E-state index contributed by atoms with van der Waals surface area (Å²) in [5.74, 6) is 0.518. The van der Waals surface area contributed by atoms with Crippen LogP contribution in [-0.4, -0.2) is 45.7 Å². The monoisotopic (exact) mass is 434 g/mol. The van der Waals surface area contributed by atoms with Crippen molar-refractivity contribution in [2.45, 2.75) is 35.6 Å². The number of hydrogen-bond donors (Lipinski definition) is 1. The number of carbonyl (C=O) groups excluding carboxylic acids is 1. The van der Waals surface area contributed by atoms with Gasteiger partial charge in [0.2, 0.25) is 10.0 Å². The van der Waals surface area contributed by atoms with Gasteiger partial charge in [0.25, 0.3) is 5.91 Å². The van der Waals surface area contributed by atoms with Crippen LogP contribution < -0.4 is 9.46 Å². The summed E-state index contributed by atoms with van der Waals surface area (Å²) in [4.78, 5) is 15.7. The number of rotatable bonds is 7. The second kappa shape index (κ2) is 9.65. The first-order chi connectivity index (χ1) is 14.0. The number of nitrogens with zero attached hydrogens (tertiary/aromatic N) is 1. The maximum Gasteiger partial charge on any atom is 0.255 e. The van der Waals surface area contributed by atoms with Crippen LogP contribution in [0.15, 0.2) is 52.3 Å². The van der Waals surface area contributed by atoms with Crippen LogP contribution in [0, 0.1) is 0 Å². The predicted octanol–water partition coefficient (Wildman–Crippen LogP) is 3.52. The van der Waals surface area contributed by atoms with E-state index in [1.165, 1.54) is 17.8 Å². The van der Waals surface area contributed by atoms with Crippen molar-refractivity contribution in [2.75, 3.05) is 26.5 Å². The second-order valence-corrected chi connectivity index (χ2v) is 9.47. The van der Waals surface area contributed by atoms with Gasteiger partial charge in [-0.2, -0.15) is 0 Å². The standard InChI is InChI=1S/C21H26N2O4S2/c1-27-19-9-5-4-8-16(19)15-22-29(25,26)17-10-11-20(28-2)18(14-17)21(24)23-12-6-3-7-13-23/h4-5,8-11,14,22H,3,6-7,12-13,15H2,1-2H3. The van der Waals surface area contributed by atoms with Crippen LogP contribution in [0.1, 0.15) is 35.2 Å². The molecule has 1 saturated heterocycles. The molecule has 8 heteroatoms. The molecule has 0 bridgehead atoms. The summed E-state index contributed by atoms with van der Waals surface area (Å²) in [6.07, 6.45) is 4.98. The number of amides is 1. The smallest absolute Gasteiger partial charge is 0.255 e. The highest BCUT2D eigenvalue weighted by molar-refractivity contribution is 7.98. The molecule has 2 aromatic carbocycles. The summed E-state index contributed by atoms with van der Waals surface area (Å²) < 4.78 is 33.6. The third-order valence-corrected chi connectivity index (χ3v) is 7.19. The molecule has 1 fully saturated rings. The highest BCUT2D eigenvalue weighted by atomic mass is 32.2. The number of ether oxygens (including phenoxy) is 1. The Balaban J connectivity index is 1.84. The SMILES string of the molecule is COc1ccccc1CNS(=O)(=O)c1ccc(SC)c(C(=O)N2CCCCC2)c1. The Morgan fingerprint density at radius 1 is 1.14 bits per heavy atom. The third kappa shape index (κ3) is 5.12. The number of benzene rings is 2. The van der Waals surface area contributed by atoms with Crippen molar-refractivity contribution in [3.63, 3.8) is 0 Å². The van der Waals surface area contributed by atoms with E-state index in [2.05, 4.69) is 4.72 Å². The van der Waals surface area contributed by atoms with Crippen LogP contribution in [0.25, 0.3) is 0 Å². The van der Waals surface area contributed by atoms with E-state index in [1.54, 1.807) is 25.3 Å². The lowest BCUT2D eigenvalue weighted by Crippen LogP contribution is -2.36. The molecule has 1 aliphatic heterocycles. The van der Waals surface area contributed by atoms with Gasteiger partial charge >= 0.3 is 0 Å². The molecule has 1 amide bonds. The lowest BCUT2D eigenvalue weighted by molar-refractivity contribution is 0.0720. The van der Waals surface area contributed by atoms with Gasteiger partial charge < -0.3 is 9.64 Å². The summed E-state index contributed by atoms with van der Waals surface area (Å²) >= 11 is 1.44. The Morgan fingerprint density at radius 3 is 2.55 bits per heavy atom. The van der Waals surface area contributed by atoms with E-state index in [4.69, 9.17) is 4.74 Å². The molecular weight excluding hydrogens is 408 g/mol. The number of methoxy groups -OCH3 is 1. The molecule has 0 aliphatic carbocycles. The van der Waals surface area contributed by atoms with Crippen LogP contribution in [-0.2, 0) is 16.6 Å². The third-order valence-electron chi connectivity index (χ3n) is 5.00. The van der Waals surface area contributed by atoms with Gasteiger partial charge in [0, 0.05) is 30.1 Å². The number of sulfonamides is 1. The van der Waals surface area contributed by atoms with Gasteiger partial charge in [0.05, 0.1) is 17.6 Å². The minimum Gasteiger partial charge on any atom is -0.496 e. The molecule has 1 aliphatic rings. The zero-order valence-corrected chi connectivity index (χ0v) is 18.3. The van der Waals surface area contributed by atoms with E-state index in [1.807, 2.05) is 29.4 Å². The number of nitrogens with one attached hydrogen (secondary N) is 1. The molecule has 2 aromatic rings. The first-order valence-electron chi connectivity index (χ1n) is 9.55. The number of hydrogen-bond acceptors (Lipinski definition) is 5. The lowest BCUT2D eigenvalue weighted by Gasteiger charge is -2.27. The molecule has 3 rings (SSSR count). The van der Waals surface area contributed by atoms with Crippen molar-refractivity contribution < 1.29 is 17.9 Å². The highest BCUT2D eigenvalue weighted by Gasteiger charge is 2.24. The van der Waals surface area contributed by atoms with Gasteiger partial charge in [-0.3, -0.25) is 4.79 Å². The number of piperidine rings is 1. The summed E-state index contributed by atoms with van der Waals surface area (Å²) in [5, 5.41) is 0. The molecule has 1 N–H and O–H groups in total. The zero-order valence-electron chi connectivity index (χ0n) is 16.7. The molecule has 6 nitrogen and oxygen atoms in total. The molecule has 1 heterocycles. The minimum atomic E-state index is -3.78. The number of thioether (sulfide) groups is 1. The fourth-order valence-corrected chi connectivity index (χ4v) is 5.00. The van der Waals surface area contributed by atoms with Gasteiger partial charge in [0.15, 0.2) is 0 Å². The largest absolute Gasteiger partial charge is 0.496 e. The molecule has 0 spiro atoms. The highest BCUT2D eigenvalue weighted by Crippen LogP contribution is 2.26. The van der Waals surface area contributed by atoms with Gasteiger partial charge in [-0.05, 0) is 49.8 Å². The summed E-state index contributed by atoms with van der Waals surface area (Å²) in [5.41, 5.74) is 1.18. The van der Waals surface area contributed by atoms with E-state index in [0.717, 1.165) is 42.8 Å². The van der Waals surface area contributed by atoms with E-state index in [9.17, 15) is 13.2 Å². The summed E-state index contributed by atoms with van der Waals surface area (Å²) in [6.45, 7) is 1.54. The van der Waals surface area contributed by atoms with Crippen molar-refractivity contribution in [3.05, 3.63) is 53.6 Å². The van der Waals surface area contributed by atoms with E-state index in [-0.39, 0.29) is 17.3 Å². The average Bonchev–Trinajstić information content (AvgIpc) is 2.77. The maximum absolute atomic E-state index is 13.0. The van der Waals surface area contributed by atoms with Crippen molar-refractivity contribution in [3.8, 4) is 5.75 Å². The first-order valence-corrected chi connectivity index (χ1v) is 12.3. The van der Waals surface area contributed by atoms with Crippen LogP contribution >= 0.6 is 11.8 Å². The molecule has 156 valence electrons. The Kier molecular flexibility index (Phi) is 7.21.